The van der Waals surface area contributed by atoms with Crippen molar-refractivity contribution >= 4 is 5.91 Å². The summed E-state index contributed by atoms with van der Waals surface area (Å²) in [5, 5.41) is 0. The molecule has 1 aromatic heterocycles. The van der Waals surface area contributed by atoms with Crippen LogP contribution in [0.2, 0.25) is 0 Å². The minimum atomic E-state index is -0.0711. The number of ether oxygens (including phenoxy) is 1. The normalized spacial score (nSPS) is 23.4. The molecule has 1 unspecified atom stereocenters. The highest BCUT2D eigenvalue weighted by Gasteiger charge is 2.28. The van der Waals surface area contributed by atoms with Crippen LogP contribution in [0.3, 0.4) is 0 Å². The van der Waals surface area contributed by atoms with Crippen molar-refractivity contribution in [3.63, 3.8) is 0 Å². The molecular weight excluding hydrogens is 252 g/mol. The zero-order chi connectivity index (χ0) is 14.4. The number of hydrogen-bond acceptors (Lipinski definition) is 3. The van der Waals surface area contributed by atoms with Crippen molar-refractivity contribution in [2.75, 3.05) is 20.2 Å². The van der Waals surface area contributed by atoms with E-state index in [1.54, 1.807) is 13.3 Å². The second-order valence-corrected chi connectivity index (χ2v) is 5.75. The summed E-state index contributed by atoms with van der Waals surface area (Å²) in [6.07, 6.45) is 7.88. The van der Waals surface area contributed by atoms with Crippen LogP contribution in [0, 0.1) is 0 Å². The molecule has 1 aromatic rings. The lowest BCUT2D eigenvalue weighted by Crippen LogP contribution is -2.34. The Morgan fingerprint density at radius 1 is 1.45 bits per heavy atom. The summed E-state index contributed by atoms with van der Waals surface area (Å²) in [5.41, 5.74) is 1.05. The first-order chi connectivity index (χ1) is 9.63. The highest BCUT2D eigenvalue weighted by molar-refractivity contribution is 5.76. The summed E-state index contributed by atoms with van der Waals surface area (Å²) in [6, 6.07) is 3.93. The molecule has 0 spiro atoms. The van der Waals surface area contributed by atoms with E-state index in [1.165, 1.54) is 0 Å². The minimum absolute atomic E-state index is 0.0711. The van der Waals surface area contributed by atoms with E-state index < -0.39 is 0 Å². The van der Waals surface area contributed by atoms with Gasteiger partial charge in [-0.05, 0) is 44.2 Å². The maximum Gasteiger partial charge on any atom is 0.222 e. The van der Waals surface area contributed by atoms with Crippen LogP contribution in [0.1, 0.15) is 38.2 Å². The lowest BCUT2D eigenvalue weighted by atomic mass is 9.97. The molecular formula is C16H24N2O2. The number of aromatic nitrogens is 1. The molecule has 1 atom stereocenters. The maximum atomic E-state index is 12.3. The van der Waals surface area contributed by atoms with E-state index in [4.69, 9.17) is 4.74 Å². The van der Waals surface area contributed by atoms with Crippen LogP contribution in [-0.4, -0.2) is 41.6 Å². The van der Waals surface area contributed by atoms with E-state index in [-0.39, 0.29) is 11.5 Å². The number of methoxy groups -OCH3 is 1. The largest absolute Gasteiger partial charge is 0.378 e. The summed E-state index contributed by atoms with van der Waals surface area (Å²) >= 11 is 0. The third kappa shape index (κ3) is 4.04. The Morgan fingerprint density at radius 2 is 2.30 bits per heavy atom. The first kappa shape index (κ1) is 15.0. The van der Waals surface area contributed by atoms with E-state index in [0.717, 1.165) is 44.3 Å². The number of carbonyl (C=O) groups is 1. The molecule has 0 bridgehead atoms. The Bertz CT molecular complexity index is 435. The van der Waals surface area contributed by atoms with Crippen molar-refractivity contribution in [2.45, 2.75) is 44.6 Å². The van der Waals surface area contributed by atoms with Gasteiger partial charge < -0.3 is 9.64 Å². The maximum absolute atomic E-state index is 12.3. The first-order valence-corrected chi connectivity index (χ1v) is 7.35. The molecule has 1 saturated heterocycles. The molecule has 0 aromatic carbocycles. The fourth-order valence-electron chi connectivity index (χ4n) is 2.66. The predicted molar refractivity (Wildman–Crippen MR) is 78.4 cm³/mol. The molecule has 1 aliphatic heterocycles. The zero-order valence-electron chi connectivity index (χ0n) is 12.5. The zero-order valence-corrected chi connectivity index (χ0v) is 12.5. The van der Waals surface area contributed by atoms with Crippen molar-refractivity contribution in [3.8, 4) is 0 Å². The fraction of sp³-hybridized carbons (Fsp3) is 0.625. The molecule has 1 aliphatic rings. The Kier molecular flexibility index (Phi) is 5.12. The second kappa shape index (κ2) is 6.84. The number of hydrogen-bond donors (Lipinski definition) is 0. The quantitative estimate of drug-likeness (QED) is 0.848. The third-order valence-corrected chi connectivity index (χ3v) is 4.24. The van der Waals surface area contributed by atoms with Crippen LogP contribution in [0.5, 0.6) is 0 Å². The van der Waals surface area contributed by atoms with Gasteiger partial charge in [0.05, 0.1) is 5.60 Å². The summed E-state index contributed by atoms with van der Waals surface area (Å²) < 4.78 is 5.57. The Hall–Kier alpha value is -1.42. The molecule has 1 amide bonds. The van der Waals surface area contributed by atoms with Gasteiger partial charge >= 0.3 is 0 Å². The molecule has 0 N–H and O–H groups in total. The topological polar surface area (TPSA) is 42.4 Å². The Labute approximate surface area is 121 Å². The number of likely N-dealkylation sites (tertiary alicyclic amines) is 1. The molecule has 0 aliphatic carbocycles. The van der Waals surface area contributed by atoms with Crippen molar-refractivity contribution in [2.24, 2.45) is 0 Å². The van der Waals surface area contributed by atoms with Gasteiger partial charge in [-0.1, -0.05) is 6.07 Å². The van der Waals surface area contributed by atoms with Gasteiger partial charge in [-0.2, -0.15) is 0 Å². The Balaban J connectivity index is 1.84. The number of nitrogens with zero attached hydrogens (tertiary/aromatic N) is 2. The molecule has 4 nitrogen and oxygen atoms in total. The number of rotatable bonds is 4. The van der Waals surface area contributed by atoms with Gasteiger partial charge in [0.1, 0.15) is 0 Å². The summed E-state index contributed by atoms with van der Waals surface area (Å²) in [5.74, 6) is 0.245. The fourth-order valence-corrected chi connectivity index (χ4v) is 2.66. The summed E-state index contributed by atoms with van der Waals surface area (Å²) in [6.45, 7) is 3.79. The van der Waals surface area contributed by atoms with E-state index in [1.807, 2.05) is 23.2 Å². The van der Waals surface area contributed by atoms with Crippen molar-refractivity contribution in [1.82, 2.24) is 9.88 Å². The van der Waals surface area contributed by atoms with Gasteiger partial charge in [0.2, 0.25) is 5.91 Å². The van der Waals surface area contributed by atoms with Gasteiger partial charge in [0.15, 0.2) is 0 Å². The van der Waals surface area contributed by atoms with Crippen molar-refractivity contribution < 1.29 is 9.53 Å². The van der Waals surface area contributed by atoms with Crippen LogP contribution < -0.4 is 0 Å². The number of carbonyl (C=O) groups excluding carboxylic acids is 1. The number of aryl methyl sites for hydroxylation is 1. The third-order valence-electron chi connectivity index (χ3n) is 4.24. The van der Waals surface area contributed by atoms with E-state index in [0.29, 0.717) is 6.42 Å². The van der Waals surface area contributed by atoms with Crippen molar-refractivity contribution in [1.29, 1.82) is 0 Å². The smallest absolute Gasteiger partial charge is 0.222 e. The molecule has 0 saturated carbocycles. The number of amides is 1. The van der Waals surface area contributed by atoms with Crippen LogP contribution in [0.4, 0.5) is 0 Å². The molecule has 4 heteroatoms. The van der Waals surface area contributed by atoms with Crippen LogP contribution in [0.25, 0.3) is 0 Å². The Morgan fingerprint density at radius 3 is 3.00 bits per heavy atom. The van der Waals surface area contributed by atoms with Crippen molar-refractivity contribution in [3.05, 3.63) is 30.1 Å². The lowest BCUT2D eigenvalue weighted by Gasteiger charge is -2.26. The number of pyridine rings is 1. The van der Waals surface area contributed by atoms with Gasteiger partial charge in [0, 0.05) is 39.0 Å². The van der Waals surface area contributed by atoms with E-state index >= 15 is 0 Å². The highest BCUT2D eigenvalue weighted by atomic mass is 16.5. The second-order valence-electron chi connectivity index (χ2n) is 5.75. The monoisotopic (exact) mass is 276 g/mol. The average Bonchev–Trinajstić information content (AvgIpc) is 2.69. The molecule has 20 heavy (non-hydrogen) atoms. The predicted octanol–water partition coefficient (Wildman–Crippen LogP) is 2.43. The molecule has 110 valence electrons. The highest BCUT2D eigenvalue weighted by Crippen LogP contribution is 2.25. The van der Waals surface area contributed by atoms with Gasteiger partial charge in [0.25, 0.3) is 0 Å². The van der Waals surface area contributed by atoms with E-state index in [2.05, 4.69) is 11.9 Å². The van der Waals surface area contributed by atoms with Crippen LogP contribution >= 0.6 is 0 Å². The SMILES string of the molecule is COC1(C)CCCN(C(=O)CCc2cccnc2)CC1. The van der Waals surface area contributed by atoms with Crippen LogP contribution in [0.15, 0.2) is 24.5 Å². The summed E-state index contributed by atoms with van der Waals surface area (Å²) in [4.78, 5) is 18.4. The molecule has 2 heterocycles. The van der Waals surface area contributed by atoms with E-state index in [9.17, 15) is 4.79 Å². The standard InChI is InChI=1S/C16H24N2O2/c1-16(20-2)8-4-11-18(12-9-16)15(19)7-6-14-5-3-10-17-13-14/h3,5,10,13H,4,6-9,11-12H2,1-2H3. The first-order valence-electron chi connectivity index (χ1n) is 7.35. The molecule has 0 radical (unpaired) electrons. The minimum Gasteiger partial charge on any atom is -0.378 e. The average molecular weight is 276 g/mol. The van der Waals surface area contributed by atoms with Gasteiger partial charge in [-0.3, -0.25) is 9.78 Å². The van der Waals surface area contributed by atoms with Crippen LogP contribution in [-0.2, 0) is 16.0 Å². The lowest BCUT2D eigenvalue weighted by molar-refractivity contribution is -0.131. The molecule has 1 fully saturated rings. The molecule has 2 rings (SSSR count). The van der Waals surface area contributed by atoms with Gasteiger partial charge in [-0.25, -0.2) is 0 Å². The summed E-state index contributed by atoms with van der Waals surface area (Å²) in [7, 11) is 1.76. The van der Waals surface area contributed by atoms with Gasteiger partial charge in [-0.15, -0.1) is 0 Å².